The van der Waals surface area contributed by atoms with E-state index in [1.807, 2.05) is 18.5 Å². The Kier molecular flexibility index (Phi) is 4.92. The highest BCUT2D eigenvalue weighted by molar-refractivity contribution is 7.98. The molecule has 32 heavy (non-hydrogen) atoms. The van der Waals surface area contributed by atoms with E-state index in [0.717, 1.165) is 49.0 Å². The lowest BCUT2D eigenvalue weighted by Crippen LogP contribution is -2.51. The van der Waals surface area contributed by atoms with Crippen LogP contribution in [0, 0.1) is 0 Å². The van der Waals surface area contributed by atoms with Crippen molar-refractivity contribution in [2.75, 3.05) is 24.4 Å². The lowest BCUT2D eigenvalue weighted by Gasteiger charge is -2.41. The first-order chi connectivity index (χ1) is 15.8. The number of nitrogens with zero attached hydrogens (tertiary/aromatic N) is 6. The standard InChI is InChI=1S/C25H24N6S/c1-32-20-10-8-19(9-11-20)24-28-23-12-14-29(16-18-5-4-13-26-15-18)17-30(23)25-27-21-6-2-3-7-22(21)31(24)25/h2-11,13,15,24H,12,14,16-17H2,1H3. The molecule has 0 saturated carbocycles. The van der Waals surface area contributed by atoms with Crippen LogP contribution in [0.4, 0.5) is 5.95 Å². The largest absolute Gasteiger partial charge is 0.286 e. The Labute approximate surface area is 191 Å². The first kappa shape index (κ1) is 19.5. The number of imidazole rings is 1. The highest BCUT2D eigenvalue weighted by atomic mass is 32.2. The van der Waals surface area contributed by atoms with Gasteiger partial charge in [0.25, 0.3) is 0 Å². The van der Waals surface area contributed by atoms with E-state index in [0.29, 0.717) is 0 Å². The smallest absolute Gasteiger partial charge is 0.215 e. The van der Waals surface area contributed by atoms with E-state index >= 15 is 0 Å². The van der Waals surface area contributed by atoms with Gasteiger partial charge in [0.05, 0.1) is 17.7 Å². The molecule has 6 nitrogen and oxygen atoms in total. The van der Waals surface area contributed by atoms with Crippen LogP contribution >= 0.6 is 11.8 Å². The molecule has 0 radical (unpaired) electrons. The Hall–Kier alpha value is -3.16. The van der Waals surface area contributed by atoms with Crippen molar-refractivity contribution in [3.8, 4) is 0 Å². The number of benzene rings is 2. The second kappa shape index (κ2) is 8.07. The third kappa shape index (κ3) is 3.38. The van der Waals surface area contributed by atoms with Crippen molar-refractivity contribution in [2.45, 2.75) is 24.0 Å². The molecule has 6 rings (SSSR count). The van der Waals surface area contributed by atoms with E-state index in [1.54, 1.807) is 11.8 Å². The zero-order valence-corrected chi connectivity index (χ0v) is 18.7. The van der Waals surface area contributed by atoms with E-state index in [9.17, 15) is 0 Å². The fourth-order valence-electron chi connectivity index (χ4n) is 4.60. The lowest BCUT2D eigenvalue weighted by molar-refractivity contribution is 0.262. The zero-order chi connectivity index (χ0) is 21.5. The van der Waals surface area contributed by atoms with E-state index < -0.39 is 0 Å². The molecule has 1 saturated heterocycles. The normalized spacial score (nSPS) is 18.3. The molecule has 7 heteroatoms. The quantitative estimate of drug-likeness (QED) is 0.428. The van der Waals surface area contributed by atoms with Crippen molar-refractivity contribution in [1.29, 1.82) is 0 Å². The van der Waals surface area contributed by atoms with Crippen LogP contribution in [0.3, 0.4) is 0 Å². The number of rotatable bonds is 4. The number of amidine groups is 1. The average Bonchev–Trinajstić information content (AvgIpc) is 3.24. The maximum Gasteiger partial charge on any atom is 0.215 e. The second-order valence-corrected chi connectivity index (χ2v) is 9.08. The van der Waals surface area contributed by atoms with Gasteiger partial charge >= 0.3 is 0 Å². The molecule has 2 aromatic carbocycles. The topological polar surface area (TPSA) is 49.6 Å². The number of anilines is 1. The third-order valence-corrected chi connectivity index (χ3v) is 6.93. The van der Waals surface area contributed by atoms with E-state index in [-0.39, 0.29) is 6.17 Å². The van der Waals surface area contributed by atoms with Gasteiger partial charge in [-0.1, -0.05) is 30.3 Å². The van der Waals surface area contributed by atoms with Crippen LogP contribution in [0.2, 0.25) is 0 Å². The minimum absolute atomic E-state index is 0.0931. The molecular formula is C25H24N6S. The van der Waals surface area contributed by atoms with Crippen LogP contribution in [0.5, 0.6) is 0 Å². The fraction of sp³-hybridized carbons (Fsp3) is 0.240. The molecule has 160 valence electrons. The van der Waals surface area contributed by atoms with Crippen molar-refractivity contribution in [2.24, 2.45) is 4.99 Å². The predicted octanol–water partition coefficient (Wildman–Crippen LogP) is 4.78. The fourth-order valence-corrected chi connectivity index (χ4v) is 5.01. The summed E-state index contributed by atoms with van der Waals surface area (Å²) in [5, 5.41) is 0. The van der Waals surface area contributed by atoms with Gasteiger partial charge in [-0.2, -0.15) is 0 Å². The van der Waals surface area contributed by atoms with Crippen molar-refractivity contribution >= 4 is 34.6 Å². The lowest BCUT2D eigenvalue weighted by atomic mass is 10.1. The van der Waals surface area contributed by atoms with Crippen molar-refractivity contribution in [3.05, 3.63) is 84.2 Å². The highest BCUT2D eigenvalue weighted by Crippen LogP contribution is 2.37. The molecule has 0 bridgehead atoms. The van der Waals surface area contributed by atoms with Crippen LogP contribution in [0.15, 0.2) is 82.9 Å². The second-order valence-electron chi connectivity index (χ2n) is 8.20. The summed E-state index contributed by atoms with van der Waals surface area (Å²) in [4.78, 5) is 20.6. The van der Waals surface area contributed by atoms with Crippen LogP contribution in [0.25, 0.3) is 11.0 Å². The molecule has 1 atom stereocenters. The average molecular weight is 441 g/mol. The van der Waals surface area contributed by atoms with Gasteiger partial charge in [0.1, 0.15) is 5.84 Å². The number of para-hydroxylation sites is 2. The Morgan fingerprint density at radius 1 is 1.03 bits per heavy atom. The number of hydrogen-bond acceptors (Lipinski definition) is 6. The number of thioether (sulfide) groups is 1. The number of aromatic nitrogens is 3. The van der Waals surface area contributed by atoms with Crippen molar-refractivity contribution < 1.29 is 0 Å². The molecular weight excluding hydrogens is 416 g/mol. The summed E-state index contributed by atoms with van der Waals surface area (Å²) in [6.07, 6.45) is 6.69. The molecule has 0 N–H and O–H groups in total. The highest BCUT2D eigenvalue weighted by Gasteiger charge is 2.34. The van der Waals surface area contributed by atoms with Crippen molar-refractivity contribution in [3.63, 3.8) is 0 Å². The maximum atomic E-state index is 5.25. The van der Waals surface area contributed by atoms with Gasteiger partial charge in [-0.15, -0.1) is 11.8 Å². The first-order valence-corrected chi connectivity index (χ1v) is 12.1. The Morgan fingerprint density at radius 3 is 2.72 bits per heavy atom. The first-order valence-electron chi connectivity index (χ1n) is 10.9. The van der Waals surface area contributed by atoms with Gasteiger partial charge < -0.3 is 0 Å². The summed E-state index contributed by atoms with van der Waals surface area (Å²) >= 11 is 1.76. The summed E-state index contributed by atoms with van der Waals surface area (Å²) in [6, 6.07) is 21.3. The Morgan fingerprint density at radius 2 is 1.91 bits per heavy atom. The van der Waals surface area contributed by atoms with Crippen LogP contribution < -0.4 is 4.90 Å². The monoisotopic (exact) mass is 440 g/mol. The van der Waals surface area contributed by atoms with E-state index in [4.69, 9.17) is 9.98 Å². The zero-order valence-electron chi connectivity index (χ0n) is 17.9. The summed E-state index contributed by atoms with van der Waals surface area (Å²) in [5.74, 6) is 2.10. The van der Waals surface area contributed by atoms with Gasteiger partial charge in [-0.3, -0.25) is 19.4 Å². The van der Waals surface area contributed by atoms with Gasteiger partial charge in [0, 0.05) is 36.8 Å². The van der Waals surface area contributed by atoms with Gasteiger partial charge in [0.2, 0.25) is 5.95 Å². The van der Waals surface area contributed by atoms with E-state index in [2.05, 4.69) is 80.2 Å². The molecule has 2 aliphatic rings. The summed E-state index contributed by atoms with van der Waals surface area (Å²) in [5.41, 5.74) is 4.55. The van der Waals surface area contributed by atoms with Gasteiger partial charge in [-0.05, 0) is 47.7 Å². The maximum absolute atomic E-state index is 5.25. The minimum atomic E-state index is -0.0931. The molecule has 4 aromatic rings. The van der Waals surface area contributed by atoms with Gasteiger partial charge in [-0.25, -0.2) is 9.98 Å². The molecule has 1 fully saturated rings. The minimum Gasteiger partial charge on any atom is -0.286 e. The van der Waals surface area contributed by atoms with E-state index in [1.165, 1.54) is 16.0 Å². The SMILES string of the molecule is CSc1ccc(C2N=C3CCN(Cc4cccnc4)CN3c3nc4ccccc4n32)cc1. The molecule has 2 aromatic heterocycles. The Balaban J connectivity index is 1.40. The van der Waals surface area contributed by atoms with Crippen LogP contribution in [-0.4, -0.2) is 44.7 Å². The number of hydrogen-bond donors (Lipinski definition) is 0. The molecule has 0 amide bonds. The van der Waals surface area contributed by atoms with Crippen LogP contribution in [0.1, 0.15) is 23.7 Å². The number of fused-ring (bicyclic) bond motifs is 5. The molecule has 0 spiro atoms. The summed E-state index contributed by atoms with van der Waals surface area (Å²) in [7, 11) is 0. The van der Waals surface area contributed by atoms with Gasteiger partial charge in [0.15, 0.2) is 6.17 Å². The number of pyridine rings is 1. The molecule has 2 aliphatic heterocycles. The molecule has 1 unspecified atom stereocenters. The van der Waals surface area contributed by atoms with Crippen molar-refractivity contribution in [1.82, 2.24) is 19.4 Å². The molecule has 4 heterocycles. The predicted molar refractivity (Wildman–Crippen MR) is 130 cm³/mol. The summed E-state index contributed by atoms with van der Waals surface area (Å²) in [6.45, 7) is 2.62. The van der Waals surface area contributed by atoms with Crippen LogP contribution in [-0.2, 0) is 6.54 Å². The number of aliphatic imine (C=N–C) groups is 1. The molecule has 0 aliphatic carbocycles. The Bertz CT molecular complexity index is 1280. The summed E-state index contributed by atoms with van der Waals surface area (Å²) < 4.78 is 2.29. The third-order valence-electron chi connectivity index (χ3n) is 6.18.